The predicted octanol–water partition coefficient (Wildman–Crippen LogP) is 3.49. The van der Waals surface area contributed by atoms with Gasteiger partial charge in [-0.15, -0.1) is 0 Å². The van der Waals surface area contributed by atoms with Gasteiger partial charge in [-0.05, 0) is 68.9 Å². The number of fused-ring (bicyclic) bond motifs is 1. The lowest BCUT2D eigenvalue weighted by molar-refractivity contribution is -0.110. The third kappa shape index (κ3) is 4.52. The third-order valence-corrected chi connectivity index (χ3v) is 7.22. The van der Waals surface area contributed by atoms with E-state index >= 15 is 0 Å². The molecule has 0 spiro atoms. The molecule has 0 bridgehead atoms. The van der Waals surface area contributed by atoms with E-state index in [4.69, 9.17) is 4.74 Å². The second-order valence-corrected chi connectivity index (χ2v) is 9.64. The van der Waals surface area contributed by atoms with Crippen LogP contribution in [0.3, 0.4) is 0 Å². The van der Waals surface area contributed by atoms with Crippen LogP contribution in [0.4, 0.5) is 10.1 Å². The molecule has 1 aromatic heterocycles. The van der Waals surface area contributed by atoms with Crippen molar-refractivity contribution >= 4 is 29.2 Å². The molecule has 0 radical (unpaired) electrons. The Hall–Kier alpha value is -2.97. The van der Waals surface area contributed by atoms with Crippen molar-refractivity contribution in [1.29, 1.82) is 0 Å². The zero-order valence-electron chi connectivity index (χ0n) is 19.7. The van der Waals surface area contributed by atoms with Crippen molar-refractivity contribution in [2.24, 2.45) is 5.92 Å². The maximum absolute atomic E-state index is 13.8. The summed E-state index contributed by atoms with van der Waals surface area (Å²) in [5.41, 5.74) is 4.30. The molecule has 2 fully saturated rings. The second kappa shape index (κ2) is 9.35. The Morgan fingerprint density at radius 3 is 2.85 bits per heavy atom. The van der Waals surface area contributed by atoms with Gasteiger partial charge in [0, 0.05) is 61.5 Å². The molecular weight excluding hydrogens is 435 g/mol. The Kier molecular flexibility index (Phi) is 6.27. The second-order valence-electron chi connectivity index (χ2n) is 9.64. The van der Waals surface area contributed by atoms with Gasteiger partial charge in [0.1, 0.15) is 5.82 Å². The number of benzene rings is 1. The highest BCUT2D eigenvalue weighted by Crippen LogP contribution is 2.34. The molecule has 1 aromatic carbocycles. The van der Waals surface area contributed by atoms with Gasteiger partial charge < -0.3 is 25.3 Å². The van der Waals surface area contributed by atoms with Crippen molar-refractivity contribution < 1.29 is 18.7 Å². The van der Waals surface area contributed by atoms with E-state index in [1.165, 1.54) is 12.1 Å². The number of amides is 2. The maximum atomic E-state index is 13.8. The smallest absolute Gasteiger partial charge is 0.256 e. The number of nitrogens with one attached hydrogen (secondary N) is 3. The van der Waals surface area contributed by atoms with Crippen LogP contribution in [0.15, 0.2) is 18.2 Å². The van der Waals surface area contributed by atoms with Crippen molar-refractivity contribution in [2.45, 2.75) is 39.2 Å². The summed E-state index contributed by atoms with van der Waals surface area (Å²) in [6, 6.07) is 4.35. The lowest BCUT2D eigenvalue weighted by Crippen LogP contribution is -2.38. The number of H-pyrrole nitrogens is 1. The molecule has 0 saturated carbocycles. The summed E-state index contributed by atoms with van der Waals surface area (Å²) < 4.78 is 19.2. The molecule has 34 heavy (non-hydrogen) atoms. The molecule has 2 amide bonds. The van der Waals surface area contributed by atoms with E-state index in [9.17, 15) is 14.0 Å². The maximum Gasteiger partial charge on any atom is 0.256 e. The first kappa shape index (κ1) is 22.8. The van der Waals surface area contributed by atoms with Gasteiger partial charge in [-0.2, -0.15) is 0 Å². The molecule has 3 N–H and O–H groups in total. The summed E-state index contributed by atoms with van der Waals surface area (Å²) in [6.45, 7) is 8.37. The normalized spacial score (nSPS) is 22.3. The van der Waals surface area contributed by atoms with Crippen LogP contribution in [0.5, 0.6) is 0 Å². The van der Waals surface area contributed by atoms with Crippen molar-refractivity contribution in [1.82, 2.24) is 15.2 Å². The topological polar surface area (TPSA) is 86.5 Å². The highest BCUT2D eigenvalue weighted by molar-refractivity contribution is 6.34. The fourth-order valence-corrected chi connectivity index (χ4v) is 5.37. The molecule has 1 atom stereocenters. The number of anilines is 1. The number of rotatable bonds is 5. The van der Waals surface area contributed by atoms with Crippen LogP contribution < -0.4 is 10.6 Å². The number of aromatic amines is 1. The number of ether oxygens (including phenoxy) is 1. The quantitative estimate of drug-likeness (QED) is 0.589. The van der Waals surface area contributed by atoms with Crippen LogP contribution in [0, 0.1) is 25.6 Å². The van der Waals surface area contributed by atoms with Gasteiger partial charge in [0.15, 0.2) is 0 Å². The summed E-state index contributed by atoms with van der Waals surface area (Å²) in [6.07, 6.45) is 4.87. The zero-order valence-corrected chi connectivity index (χ0v) is 19.7. The summed E-state index contributed by atoms with van der Waals surface area (Å²) in [7, 11) is 0. The Morgan fingerprint density at radius 2 is 2.06 bits per heavy atom. The molecule has 3 aliphatic rings. The summed E-state index contributed by atoms with van der Waals surface area (Å²) in [5.74, 6) is -0.104. The monoisotopic (exact) mass is 466 g/mol. The number of likely N-dealkylation sites (tertiary alicyclic amines) is 1. The summed E-state index contributed by atoms with van der Waals surface area (Å²) in [5, 5.41) is 5.97. The van der Waals surface area contributed by atoms with Crippen molar-refractivity contribution in [3.8, 4) is 0 Å². The van der Waals surface area contributed by atoms with Crippen molar-refractivity contribution in [3.05, 3.63) is 52.1 Å². The molecule has 2 saturated heterocycles. The molecule has 8 heteroatoms. The fourth-order valence-electron chi connectivity index (χ4n) is 5.37. The Bertz CT molecular complexity index is 1150. The lowest BCUT2D eigenvalue weighted by atomic mass is 10.00. The van der Waals surface area contributed by atoms with E-state index in [1.807, 2.05) is 13.8 Å². The molecule has 4 heterocycles. The van der Waals surface area contributed by atoms with Gasteiger partial charge in [0.25, 0.3) is 11.8 Å². The Labute approximate surface area is 198 Å². The van der Waals surface area contributed by atoms with Gasteiger partial charge >= 0.3 is 0 Å². The van der Waals surface area contributed by atoms with Gasteiger partial charge in [0.2, 0.25) is 0 Å². The number of hydrogen-bond acceptors (Lipinski definition) is 4. The highest BCUT2D eigenvalue weighted by Gasteiger charge is 2.29. The molecule has 3 aliphatic heterocycles. The molecule has 5 rings (SSSR count). The Balaban J connectivity index is 1.28. The number of halogens is 1. The number of nitrogens with zero attached hydrogens (tertiary/aromatic N) is 1. The molecule has 0 aliphatic carbocycles. The van der Waals surface area contributed by atoms with Gasteiger partial charge in [0.05, 0.1) is 11.1 Å². The van der Waals surface area contributed by atoms with E-state index < -0.39 is 5.82 Å². The van der Waals surface area contributed by atoms with Gasteiger partial charge in [-0.25, -0.2) is 4.39 Å². The molecule has 180 valence electrons. The van der Waals surface area contributed by atoms with Crippen LogP contribution in [-0.2, 0) is 9.53 Å². The Morgan fingerprint density at radius 1 is 1.26 bits per heavy atom. The van der Waals surface area contributed by atoms with Crippen LogP contribution in [-0.4, -0.2) is 60.6 Å². The number of aryl methyl sites for hydroxylation is 1. The van der Waals surface area contributed by atoms with Crippen LogP contribution in [0.2, 0.25) is 0 Å². The van der Waals surface area contributed by atoms with Crippen LogP contribution in [0.1, 0.15) is 52.1 Å². The molecule has 2 aromatic rings. The number of aromatic nitrogens is 1. The summed E-state index contributed by atoms with van der Waals surface area (Å²) in [4.78, 5) is 31.4. The number of carbonyl (C=O) groups is 2. The van der Waals surface area contributed by atoms with E-state index in [2.05, 4.69) is 20.5 Å². The lowest BCUT2D eigenvalue weighted by Gasteiger charge is -2.27. The van der Waals surface area contributed by atoms with E-state index in [0.717, 1.165) is 63.4 Å². The van der Waals surface area contributed by atoms with Gasteiger partial charge in [-0.3, -0.25) is 9.59 Å². The average molecular weight is 467 g/mol. The standard InChI is InChI=1S/C26H31FN4O3/c1-15-23(12-21-20-11-18(27)3-4-22(20)30-25(21)32)28-16(2)24(15)26(33)29-19-5-8-31(14-19)13-17-6-9-34-10-7-17/h3-4,11-12,17,19,28H,5-10,13-14H2,1-2H3,(H,29,33)(H,30,32)/b21-12-/t19-/m0/s1. The van der Waals surface area contributed by atoms with Crippen molar-refractivity contribution in [3.63, 3.8) is 0 Å². The molecule has 7 nitrogen and oxygen atoms in total. The van der Waals surface area contributed by atoms with Crippen molar-refractivity contribution in [2.75, 3.05) is 38.2 Å². The minimum atomic E-state index is -0.400. The van der Waals surface area contributed by atoms with Crippen LogP contribution in [0.25, 0.3) is 11.6 Å². The summed E-state index contributed by atoms with van der Waals surface area (Å²) >= 11 is 0. The molecule has 0 unspecified atom stereocenters. The van der Waals surface area contributed by atoms with E-state index in [0.29, 0.717) is 34.0 Å². The first-order chi connectivity index (χ1) is 16.4. The molecular formula is C26H31FN4O3. The first-order valence-corrected chi connectivity index (χ1v) is 12.0. The largest absolute Gasteiger partial charge is 0.381 e. The highest BCUT2D eigenvalue weighted by atomic mass is 19.1. The first-order valence-electron chi connectivity index (χ1n) is 12.0. The van der Waals surface area contributed by atoms with E-state index in [1.54, 1.807) is 12.1 Å². The number of carbonyl (C=O) groups excluding carboxylic acids is 2. The minimum absolute atomic E-state index is 0.101. The SMILES string of the molecule is Cc1[nH]c(/C=C2\C(=O)Nc3ccc(F)cc32)c(C)c1C(=O)N[C@H]1CCN(CC2CCOCC2)C1. The van der Waals surface area contributed by atoms with Gasteiger partial charge in [-0.1, -0.05) is 0 Å². The number of hydrogen-bond donors (Lipinski definition) is 3. The zero-order chi connectivity index (χ0) is 23.8. The van der Waals surface area contributed by atoms with Crippen LogP contribution >= 0.6 is 0 Å². The average Bonchev–Trinajstić information content (AvgIpc) is 3.45. The minimum Gasteiger partial charge on any atom is -0.381 e. The third-order valence-electron chi connectivity index (χ3n) is 7.22. The predicted molar refractivity (Wildman–Crippen MR) is 129 cm³/mol. The fraction of sp³-hybridized carbons (Fsp3) is 0.462. The van der Waals surface area contributed by atoms with E-state index in [-0.39, 0.29) is 17.9 Å².